The molecule has 1 aromatic carbocycles. The summed E-state index contributed by atoms with van der Waals surface area (Å²) < 4.78 is 26.7. The van der Waals surface area contributed by atoms with Gasteiger partial charge in [0.15, 0.2) is 0 Å². The molecule has 11 nitrogen and oxygen atoms in total. The highest BCUT2D eigenvalue weighted by atomic mass is 31.2. The Balaban J connectivity index is 3.41. The average molecular weight is 362 g/mol. The van der Waals surface area contributed by atoms with Crippen LogP contribution in [0, 0.1) is 20.2 Å². The van der Waals surface area contributed by atoms with Gasteiger partial charge in [-0.3, -0.25) is 29.6 Å². The van der Waals surface area contributed by atoms with Crippen molar-refractivity contribution in [1.82, 2.24) is 0 Å². The Bertz CT molecular complexity index is 666. The topological polar surface area (TPSA) is 148 Å². The number of nitro benzene ring substituents is 2. The van der Waals surface area contributed by atoms with Crippen molar-refractivity contribution < 1.29 is 33.0 Å². The molecule has 1 rings (SSSR count). The Hall–Kier alpha value is -2.36. The lowest BCUT2D eigenvalue weighted by Crippen LogP contribution is -2.14. The van der Waals surface area contributed by atoms with E-state index in [0.717, 1.165) is 39.3 Å². The van der Waals surface area contributed by atoms with Crippen molar-refractivity contribution >= 4 is 24.9 Å². The third-order valence-corrected chi connectivity index (χ3v) is 4.86. The third-order valence-electron chi connectivity index (χ3n) is 2.97. The van der Waals surface area contributed by atoms with Crippen LogP contribution < -0.4 is 0 Å². The van der Waals surface area contributed by atoms with E-state index >= 15 is 0 Å². The molecular weight excluding hydrogens is 347 g/mol. The number of ether oxygens (including phenoxy) is 1. The highest BCUT2D eigenvalue weighted by Gasteiger charge is 2.32. The number of hydrogen-bond acceptors (Lipinski definition) is 9. The van der Waals surface area contributed by atoms with Gasteiger partial charge in [-0.1, -0.05) is 0 Å². The molecule has 0 spiro atoms. The quantitative estimate of drug-likeness (QED) is 0.294. The Morgan fingerprint density at radius 2 is 1.58 bits per heavy atom. The van der Waals surface area contributed by atoms with Gasteiger partial charge >= 0.3 is 13.6 Å². The summed E-state index contributed by atoms with van der Waals surface area (Å²) >= 11 is 0. The molecule has 132 valence electrons. The minimum Gasteiger partial charge on any atom is -0.457 e. The number of carbonyl (C=O) groups excluding carboxylic acids is 1. The molecule has 24 heavy (non-hydrogen) atoms. The van der Waals surface area contributed by atoms with Gasteiger partial charge in [-0.15, -0.1) is 0 Å². The number of non-ortho nitro benzene ring substituents is 2. The number of benzene rings is 1. The lowest BCUT2D eigenvalue weighted by molar-refractivity contribution is -0.394. The Morgan fingerprint density at radius 1 is 1.12 bits per heavy atom. The summed E-state index contributed by atoms with van der Waals surface area (Å²) in [6.07, 6.45) is -1.75. The van der Waals surface area contributed by atoms with Crippen LogP contribution >= 0.6 is 7.60 Å². The summed E-state index contributed by atoms with van der Waals surface area (Å²) in [7, 11) is -1.42. The molecule has 12 heteroatoms. The lowest BCUT2D eigenvalue weighted by atomic mass is 10.1. The average Bonchev–Trinajstić information content (AvgIpc) is 2.53. The zero-order valence-corrected chi connectivity index (χ0v) is 13.9. The van der Waals surface area contributed by atoms with Crippen molar-refractivity contribution in [2.45, 2.75) is 13.0 Å². The molecule has 1 atom stereocenters. The van der Waals surface area contributed by atoms with E-state index < -0.39 is 47.1 Å². The molecule has 0 bridgehead atoms. The lowest BCUT2D eigenvalue weighted by Gasteiger charge is -2.21. The van der Waals surface area contributed by atoms with Gasteiger partial charge in [0.2, 0.25) is 0 Å². The fourth-order valence-electron chi connectivity index (χ4n) is 1.85. The van der Waals surface area contributed by atoms with Gasteiger partial charge in [0.1, 0.15) is 6.10 Å². The monoisotopic (exact) mass is 362 g/mol. The molecule has 1 aromatic rings. The zero-order chi connectivity index (χ0) is 18.5. The van der Waals surface area contributed by atoms with Crippen LogP contribution in [0.5, 0.6) is 0 Å². The number of nitrogens with zero attached hydrogens (tertiary/aromatic N) is 2. The smallest absolute Gasteiger partial charge is 0.334 e. The highest BCUT2D eigenvalue weighted by Crippen LogP contribution is 2.50. The number of nitro groups is 2. The van der Waals surface area contributed by atoms with E-state index in [1.54, 1.807) is 0 Å². The van der Waals surface area contributed by atoms with Crippen LogP contribution in [0.15, 0.2) is 18.2 Å². The van der Waals surface area contributed by atoms with Gasteiger partial charge in [0, 0.05) is 38.8 Å². The molecule has 0 aliphatic carbocycles. The highest BCUT2D eigenvalue weighted by molar-refractivity contribution is 7.53. The number of esters is 1. The first kappa shape index (κ1) is 19.7. The van der Waals surface area contributed by atoms with E-state index in [4.69, 9.17) is 13.8 Å². The summed E-state index contributed by atoms with van der Waals surface area (Å²) in [4.78, 5) is 31.5. The Kier molecular flexibility index (Phi) is 6.52. The summed E-state index contributed by atoms with van der Waals surface area (Å²) in [5.41, 5.74) is -1.21. The van der Waals surface area contributed by atoms with Crippen LogP contribution in [0.1, 0.15) is 18.6 Å². The van der Waals surface area contributed by atoms with Crippen LogP contribution in [-0.4, -0.2) is 36.2 Å². The van der Waals surface area contributed by atoms with Crippen molar-refractivity contribution in [1.29, 1.82) is 0 Å². The second kappa shape index (κ2) is 7.95. The van der Waals surface area contributed by atoms with Gasteiger partial charge in [-0.25, -0.2) is 0 Å². The van der Waals surface area contributed by atoms with Crippen molar-refractivity contribution in [2.24, 2.45) is 0 Å². The van der Waals surface area contributed by atoms with E-state index in [1.165, 1.54) is 0 Å². The molecule has 0 radical (unpaired) electrons. The fourth-order valence-corrected chi connectivity index (χ4v) is 2.99. The van der Waals surface area contributed by atoms with Crippen LogP contribution in [0.2, 0.25) is 0 Å². The molecule has 0 N–H and O–H groups in total. The van der Waals surface area contributed by atoms with E-state index in [1.807, 2.05) is 0 Å². The van der Waals surface area contributed by atoms with E-state index in [0.29, 0.717) is 0 Å². The second-order valence-corrected chi connectivity index (χ2v) is 6.87. The summed E-state index contributed by atoms with van der Waals surface area (Å²) in [6, 6.07) is 2.76. The maximum atomic E-state index is 12.3. The summed E-state index contributed by atoms with van der Waals surface area (Å²) in [6.45, 7) is 1.07. The van der Waals surface area contributed by atoms with Crippen molar-refractivity contribution in [3.05, 3.63) is 44.0 Å². The minimum absolute atomic E-state index is 0.0691. The molecule has 0 aliphatic heterocycles. The predicted octanol–water partition coefficient (Wildman–Crippen LogP) is 2.59. The SMILES string of the molecule is COP(=O)(CC(OC(C)=O)c1cc([N+](=O)[O-])cc([N+](=O)[O-])c1)OC. The van der Waals surface area contributed by atoms with Gasteiger partial charge < -0.3 is 13.8 Å². The Labute approximate surface area is 136 Å². The molecule has 0 saturated heterocycles. The van der Waals surface area contributed by atoms with E-state index in [9.17, 15) is 29.6 Å². The largest absolute Gasteiger partial charge is 0.457 e. The molecule has 0 saturated carbocycles. The van der Waals surface area contributed by atoms with Gasteiger partial charge in [0.05, 0.1) is 22.1 Å². The van der Waals surface area contributed by atoms with E-state index in [2.05, 4.69) is 0 Å². The second-order valence-electron chi connectivity index (χ2n) is 4.55. The molecular formula is C12H15N2O9P. The van der Waals surface area contributed by atoms with Crippen molar-refractivity contribution in [3.8, 4) is 0 Å². The maximum Gasteiger partial charge on any atom is 0.334 e. The van der Waals surface area contributed by atoms with Crippen LogP contribution in [-0.2, 0) is 23.1 Å². The van der Waals surface area contributed by atoms with E-state index in [-0.39, 0.29) is 5.56 Å². The van der Waals surface area contributed by atoms with Crippen LogP contribution in [0.25, 0.3) is 0 Å². The van der Waals surface area contributed by atoms with Gasteiger partial charge in [0.25, 0.3) is 11.4 Å². The first-order valence-corrected chi connectivity index (χ1v) is 8.16. The van der Waals surface area contributed by atoms with Crippen molar-refractivity contribution in [3.63, 3.8) is 0 Å². The molecule has 0 heterocycles. The molecule has 0 fully saturated rings. The molecule has 0 amide bonds. The van der Waals surface area contributed by atoms with Gasteiger partial charge in [-0.05, 0) is 0 Å². The van der Waals surface area contributed by atoms with Crippen LogP contribution in [0.3, 0.4) is 0 Å². The molecule has 0 aromatic heterocycles. The van der Waals surface area contributed by atoms with Crippen LogP contribution in [0.4, 0.5) is 11.4 Å². The fraction of sp³-hybridized carbons (Fsp3) is 0.417. The first-order valence-electron chi connectivity index (χ1n) is 6.43. The first-order chi connectivity index (χ1) is 11.1. The molecule has 0 aliphatic rings. The Morgan fingerprint density at radius 3 is 1.92 bits per heavy atom. The normalized spacial score (nSPS) is 12.5. The molecule has 1 unspecified atom stereocenters. The zero-order valence-electron chi connectivity index (χ0n) is 13.0. The van der Waals surface area contributed by atoms with Crippen molar-refractivity contribution in [2.75, 3.05) is 20.4 Å². The number of hydrogen-bond donors (Lipinski definition) is 0. The maximum absolute atomic E-state index is 12.3. The summed E-state index contributed by atoms with van der Waals surface area (Å²) in [5, 5.41) is 21.9. The third kappa shape index (κ3) is 5.08. The predicted molar refractivity (Wildman–Crippen MR) is 80.7 cm³/mol. The number of rotatable bonds is 8. The number of carbonyl (C=O) groups is 1. The minimum atomic E-state index is -3.65. The van der Waals surface area contributed by atoms with Gasteiger partial charge in [-0.2, -0.15) is 0 Å². The summed E-state index contributed by atoms with van der Waals surface area (Å²) in [5.74, 6) is -0.770. The standard InChI is InChI=1S/C12H15N2O9P/c1-8(15)23-12(7-24(20,21-2)22-3)9-4-10(13(16)17)6-11(5-9)14(18)19/h4-6,12H,7H2,1-3H3.